The molecule has 6 heteroatoms. The molecule has 1 N–H and O–H groups in total. The van der Waals surface area contributed by atoms with Gasteiger partial charge in [-0.05, 0) is 40.3 Å². The molecule has 0 aliphatic heterocycles. The molecule has 2 unspecified atom stereocenters. The monoisotopic (exact) mass is 336 g/mol. The van der Waals surface area contributed by atoms with Gasteiger partial charge < -0.3 is 5.32 Å². The standard InChI is InChI=1S/C13H16BrF3N2/c1-8-3-2-4-9(8)6-18-12-11(13(15,16)17)5-10(14)7-19-12/h5,7-9H,2-4,6H2,1H3,(H,18,19). The number of anilines is 1. The van der Waals surface area contributed by atoms with Crippen LogP contribution < -0.4 is 5.32 Å². The summed E-state index contributed by atoms with van der Waals surface area (Å²) >= 11 is 3.03. The predicted octanol–water partition coefficient (Wildman–Crippen LogP) is 4.71. The van der Waals surface area contributed by atoms with Crippen LogP contribution in [0, 0.1) is 11.8 Å². The van der Waals surface area contributed by atoms with E-state index in [-0.39, 0.29) is 5.82 Å². The highest BCUT2D eigenvalue weighted by Gasteiger charge is 2.35. The maximum absolute atomic E-state index is 12.9. The number of aromatic nitrogens is 1. The molecule has 1 heterocycles. The van der Waals surface area contributed by atoms with Gasteiger partial charge in [-0.3, -0.25) is 0 Å². The van der Waals surface area contributed by atoms with Crippen LogP contribution in [0.4, 0.5) is 19.0 Å². The van der Waals surface area contributed by atoms with E-state index in [1.165, 1.54) is 6.20 Å². The molecule has 2 nitrogen and oxygen atoms in total. The van der Waals surface area contributed by atoms with Gasteiger partial charge in [0.2, 0.25) is 0 Å². The van der Waals surface area contributed by atoms with Gasteiger partial charge in [0.25, 0.3) is 0 Å². The minimum absolute atomic E-state index is 0.0743. The Morgan fingerprint density at radius 3 is 2.74 bits per heavy atom. The van der Waals surface area contributed by atoms with Crippen LogP contribution >= 0.6 is 15.9 Å². The van der Waals surface area contributed by atoms with E-state index in [9.17, 15) is 13.2 Å². The molecule has 2 atom stereocenters. The zero-order valence-corrected chi connectivity index (χ0v) is 12.2. The average molecular weight is 337 g/mol. The molecule has 19 heavy (non-hydrogen) atoms. The molecule has 1 fully saturated rings. The van der Waals surface area contributed by atoms with Crippen LogP contribution in [0.25, 0.3) is 0 Å². The highest BCUT2D eigenvalue weighted by molar-refractivity contribution is 9.10. The Kier molecular flexibility index (Phi) is 4.38. The normalized spacial score (nSPS) is 23.6. The van der Waals surface area contributed by atoms with Gasteiger partial charge in [-0.2, -0.15) is 13.2 Å². The number of pyridine rings is 1. The summed E-state index contributed by atoms with van der Waals surface area (Å²) < 4.78 is 39.0. The summed E-state index contributed by atoms with van der Waals surface area (Å²) in [6, 6.07) is 1.06. The lowest BCUT2D eigenvalue weighted by molar-refractivity contribution is -0.137. The van der Waals surface area contributed by atoms with Gasteiger partial charge in [-0.1, -0.05) is 19.8 Å². The van der Waals surface area contributed by atoms with Crippen molar-refractivity contribution in [2.24, 2.45) is 11.8 Å². The van der Waals surface area contributed by atoms with Crippen molar-refractivity contribution in [1.82, 2.24) is 4.98 Å². The Labute approximate surface area is 118 Å². The summed E-state index contributed by atoms with van der Waals surface area (Å²) in [5.41, 5.74) is -0.715. The second-order valence-electron chi connectivity index (χ2n) is 5.10. The van der Waals surface area contributed by atoms with E-state index < -0.39 is 11.7 Å². The highest BCUT2D eigenvalue weighted by atomic mass is 79.9. The van der Waals surface area contributed by atoms with Crippen LogP contribution in [-0.4, -0.2) is 11.5 Å². The number of nitrogens with zero attached hydrogens (tertiary/aromatic N) is 1. The first-order chi connectivity index (χ1) is 8.88. The molecule has 0 aromatic carbocycles. The maximum atomic E-state index is 12.9. The average Bonchev–Trinajstić information content (AvgIpc) is 2.72. The lowest BCUT2D eigenvalue weighted by Crippen LogP contribution is -2.19. The first kappa shape index (κ1) is 14.6. The van der Waals surface area contributed by atoms with E-state index in [1.807, 2.05) is 0 Å². The van der Waals surface area contributed by atoms with Gasteiger partial charge in [-0.25, -0.2) is 4.98 Å². The number of alkyl halides is 3. The molecule has 106 valence electrons. The third-order valence-electron chi connectivity index (χ3n) is 3.73. The third kappa shape index (κ3) is 3.61. The second kappa shape index (κ2) is 5.69. The molecule has 1 aromatic heterocycles. The Morgan fingerprint density at radius 2 is 2.16 bits per heavy atom. The number of hydrogen-bond acceptors (Lipinski definition) is 2. The van der Waals surface area contributed by atoms with E-state index in [0.717, 1.165) is 25.3 Å². The van der Waals surface area contributed by atoms with E-state index in [1.54, 1.807) is 0 Å². The topological polar surface area (TPSA) is 24.9 Å². The Hall–Kier alpha value is -0.780. The Morgan fingerprint density at radius 1 is 1.42 bits per heavy atom. The number of rotatable bonds is 3. The van der Waals surface area contributed by atoms with Crippen molar-refractivity contribution in [2.45, 2.75) is 32.4 Å². The Balaban J connectivity index is 2.11. The van der Waals surface area contributed by atoms with Crippen molar-refractivity contribution in [3.05, 3.63) is 22.3 Å². The van der Waals surface area contributed by atoms with Crippen molar-refractivity contribution in [1.29, 1.82) is 0 Å². The smallest absolute Gasteiger partial charge is 0.369 e. The van der Waals surface area contributed by atoms with Crippen molar-refractivity contribution in [2.75, 3.05) is 11.9 Å². The fraction of sp³-hybridized carbons (Fsp3) is 0.615. The van der Waals surface area contributed by atoms with Crippen molar-refractivity contribution in [3.8, 4) is 0 Å². The second-order valence-corrected chi connectivity index (χ2v) is 6.01. The van der Waals surface area contributed by atoms with Crippen LogP contribution in [-0.2, 0) is 6.18 Å². The largest absolute Gasteiger partial charge is 0.419 e. The van der Waals surface area contributed by atoms with Gasteiger partial charge in [0.15, 0.2) is 0 Å². The minimum atomic E-state index is -4.39. The molecule has 1 aliphatic carbocycles. The predicted molar refractivity (Wildman–Crippen MR) is 71.9 cm³/mol. The highest BCUT2D eigenvalue weighted by Crippen LogP contribution is 2.36. The zero-order chi connectivity index (χ0) is 14.0. The number of nitrogens with one attached hydrogen (secondary N) is 1. The van der Waals surface area contributed by atoms with E-state index in [4.69, 9.17) is 0 Å². The summed E-state index contributed by atoms with van der Waals surface area (Å²) in [4.78, 5) is 3.85. The summed E-state index contributed by atoms with van der Waals surface area (Å²) in [7, 11) is 0. The molecular formula is C13H16BrF3N2. The van der Waals surface area contributed by atoms with Crippen molar-refractivity contribution >= 4 is 21.7 Å². The molecule has 0 spiro atoms. The summed E-state index contributed by atoms with van der Waals surface area (Å²) in [6.07, 6.45) is 0.391. The molecule has 1 aromatic rings. The molecular weight excluding hydrogens is 321 g/mol. The maximum Gasteiger partial charge on any atom is 0.419 e. The molecule has 2 rings (SSSR count). The number of halogens is 4. The van der Waals surface area contributed by atoms with Crippen LogP contribution in [0.5, 0.6) is 0 Å². The van der Waals surface area contributed by atoms with Crippen molar-refractivity contribution < 1.29 is 13.2 Å². The van der Waals surface area contributed by atoms with Crippen LogP contribution in [0.1, 0.15) is 31.7 Å². The fourth-order valence-corrected chi connectivity index (χ4v) is 2.88. The fourth-order valence-electron chi connectivity index (χ4n) is 2.55. The quantitative estimate of drug-likeness (QED) is 0.864. The molecule has 0 radical (unpaired) electrons. The van der Waals surface area contributed by atoms with Gasteiger partial charge in [0, 0.05) is 17.2 Å². The first-order valence-electron chi connectivity index (χ1n) is 6.34. The van der Waals surface area contributed by atoms with Crippen LogP contribution in [0.15, 0.2) is 16.7 Å². The molecule has 1 aliphatic rings. The summed E-state index contributed by atoms with van der Waals surface area (Å²) in [5.74, 6) is 0.929. The zero-order valence-electron chi connectivity index (χ0n) is 10.6. The van der Waals surface area contributed by atoms with E-state index in [0.29, 0.717) is 22.9 Å². The lowest BCUT2D eigenvalue weighted by atomic mass is 9.98. The molecule has 1 saturated carbocycles. The lowest BCUT2D eigenvalue weighted by Gasteiger charge is -2.19. The first-order valence-corrected chi connectivity index (χ1v) is 7.14. The van der Waals surface area contributed by atoms with Gasteiger partial charge in [-0.15, -0.1) is 0 Å². The summed E-state index contributed by atoms with van der Waals surface area (Å²) in [5, 5.41) is 2.87. The SMILES string of the molecule is CC1CCCC1CNc1ncc(Br)cc1C(F)(F)F. The number of hydrogen-bond donors (Lipinski definition) is 1. The third-order valence-corrected chi connectivity index (χ3v) is 4.16. The molecule has 0 saturated heterocycles. The van der Waals surface area contributed by atoms with E-state index >= 15 is 0 Å². The van der Waals surface area contributed by atoms with Gasteiger partial charge >= 0.3 is 6.18 Å². The van der Waals surface area contributed by atoms with Crippen LogP contribution in [0.2, 0.25) is 0 Å². The van der Waals surface area contributed by atoms with Gasteiger partial charge in [0.1, 0.15) is 5.82 Å². The Bertz CT molecular complexity index is 448. The molecule has 0 bridgehead atoms. The van der Waals surface area contributed by atoms with Crippen molar-refractivity contribution in [3.63, 3.8) is 0 Å². The van der Waals surface area contributed by atoms with Gasteiger partial charge in [0.05, 0.1) is 5.56 Å². The summed E-state index contributed by atoms with van der Waals surface area (Å²) in [6.45, 7) is 2.71. The van der Waals surface area contributed by atoms with Crippen LogP contribution in [0.3, 0.4) is 0 Å². The molecule has 0 amide bonds. The van der Waals surface area contributed by atoms with E-state index in [2.05, 4.69) is 33.2 Å². The minimum Gasteiger partial charge on any atom is -0.369 e.